The predicted molar refractivity (Wildman–Crippen MR) is 69.4 cm³/mol. The van der Waals surface area contributed by atoms with Crippen LogP contribution < -0.4 is 5.32 Å². The van der Waals surface area contributed by atoms with Crippen LogP contribution in [0.4, 0.5) is 0 Å². The lowest BCUT2D eigenvalue weighted by Crippen LogP contribution is -2.24. The number of nitrogens with one attached hydrogen (secondary N) is 1. The second-order valence-electron chi connectivity index (χ2n) is 4.12. The first-order valence-electron chi connectivity index (χ1n) is 6.04. The zero-order chi connectivity index (χ0) is 11.1. The fourth-order valence-electron chi connectivity index (χ4n) is 2.30. The van der Waals surface area contributed by atoms with Gasteiger partial charge in [-0.3, -0.25) is 0 Å². The minimum Gasteiger partial charge on any atom is -0.312 e. The van der Waals surface area contributed by atoms with Gasteiger partial charge >= 0.3 is 0 Å². The van der Waals surface area contributed by atoms with Crippen molar-refractivity contribution in [2.45, 2.75) is 45.6 Å². The van der Waals surface area contributed by atoms with E-state index < -0.39 is 0 Å². The summed E-state index contributed by atoms with van der Waals surface area (Å²) >= 11 is 1.87. The van der Waals surface area contributed by atoms with E-state index in [-0.39, 0.29) is 0 Å². The molecule has 0 radical (unpaired) electrons. The third-order valence-electron chi connectivity index (χ3n) is 2.95. The fraction of sp³-hybridized carbons (Fsp3) is 0.692. The highest BCUT2D eigenvalue weighted by molar-refractivity contribution is 7.10. The van der Waals surface area contributed by atoms with Gasteiger partial charge in [0.2, 0.25) is 0 Å². The molecule has 1 N–H and O–H groups in total. The maximum Gasteiger partial charge on any atom is 0.0440 e. The zero-order valence-corrected chi connectivity index (χ0v) is 10.9. The van der Waals surface area contributed by atoms with E-state index in [1.165, 1.54) is 30.6 Å². The van der Waals surface area contributed by atoms with Crippen LogP contribution in [0.5, 0.6) is 0 Å². The topological polar surface area (TPSA) is 12.0 Å². The molecule has 0 amide bonds. The Morgan fingerprint density at radius 3 is 2.33 bits per heavy atom. The third kappa shape index (κ3) is 3.62. The Hall–Kier alpha value is -0.340. The van der Waals surface area contributed by atoms with Gasteiger partial charge in [-0.25, -0.2) is 0 Å². The molecule has 0 saturated heterocycles. The van der Waals surface area contributed by atoms with Gasteiger partial charge in [0.25, 0.3) is 0 Å². The molecular weight excluding hydrogens is 202 g/mol. The molecule has 0 fully saturated rings. The van der Waals surface area contributed by atoms with Crippen molar-refractivity contribution in [1.82, 2.24) is 5.32 Å². The Morgan fingerprint density at radius 1 is 1.27 bits per heavy atom. The molecule has 1 heterocycles. The molecule has 1 nitrogen and oxygen atoms in total. The number of rotatable bonds is 7. The minimum absolute atomic E-state index is 0.560. The van der Waals surface area contributed by atoms with Crippen LogP contribution in [0.3, 0.4) is 0 Å². The number of hydrogen-bond acceptors (Lipinski definition) is 2. The molecule has 1 atom stereocenters. The summed E-state index contributed by atoms with van der Waals surface area (Å²) in [6, 6.07) is 4.97. The Bertz CT molecular complexity index is 237. The van der Waals surface area contributed by atoms with E-state index in [4.69, 9.17) is 0 Å². The highest BCUT2D eigenvalue weighted by atomic mass is 32.1. The Labute approximate surface area is 97.9 Å². The molecule has 0 aliphatic heterocycles. The van der Waals surface area contributed by atoms with Crippen molar-refractivity contribution in [2.75, 3.05) is 7.05 Å². The van der Waals surface area contributed by atoms with Crippen molar-refractivity contribution in [2.24, 2.45) is 5.92 Å². The lowest BCUT2D eigenvalue weighted by atomic mass is 9.89. The molecular formula is C13H23NS. The van der Waals surface area contributed by atoms with Crippen LogP contribution in [0, 0.1) is 5.92 Å². The zero-order valence-electron chi connectivity index (χ0n) is 10.1. The Kier molecular flexibility index (Phi) is 5.96. The highest BCUT2D eigenvalue weighted by Gasteiger charge is 2.20. The summed E-state index contributed by atoms with van der Waals surface area (Å²) < 4.78 is 0. The number of hydrogen-bond donors (Lipinski definition) is 1. The van der Waals surface area contributed by atoms with Crippen molar-refractivity contribution in [3.05, 3.63) is 22.4 Å². The molecule has 0 bridgehead atoms. The second-order valence-corrected chi connectivity index (χ2v) is 5.10. The van der Waals surface area contributed by atoms with Crippen molar-refractivity contribution < 1.29 is 0 Å². The van der Waals surface area contributed by atoms with Crippen LogP contribution in [0.15, 0.2) is 17.5 Å². The van der Waals surface area contributed by atoms with Crippen LogP contribution in [0.2, 0.25) is 0 Å². The second kappa shape index (κ2) is 7.02. The fourth-order valence-corrected chi connectivity index (χ4v) is 3.23. The van der Waals surface area contributed by atoms with Gasteiger partial charge in [0.1, 0.15) is 0 Å². The first kappa shape index (κ1) is 12.7. The lowest BCUT2D eigenvalue weighted by Gasteiger charge is -2.25. The molecule has 0 aliphatic rings. The smallest absolute Gasteiger partial charge is 0.0440 e. The molecule has 0 spiro atoms. The summed E-state index contributed by atoms with van der Waals surface area (Å²) in [6.45, 7) is 4.56. The lowest BCUT2D eigenvalue weighted by molar-refractivity contribution is 0.335. The van der Waals surface area contributed by atoms with Crippen molar-refractivity contribution in [1.29, 1.82) is 0 Å². The van der Waals surface area contributed by atoms with Crippen LogP contribution in [-0.2, 0) is 0 Å². The predicted octanol–water partition coefficient (Wildman–Crippen LogP) is 4.23. The van der Waals surface area contributed by atoms with E-state index in [9.17, 15) is 0 Å². The molecule has 1 rings (SSSR count). The quantitative estimate of drug-likeness (QED) is 0.732. The summed E-state index contributed by atoms with van der Waals surface area (Å²) in [5.74, 6) is 0.795. The molecule has 1 unspecified atom stereocenters. The third-order valence-corrected chi connectivity index (χ3v) is 3.91. The molecule has 15 heavy (non-hydrogen) atoms. The maximum absolute atomic E-state index is 3.48. The van der Waals surface area contributed by atoms with Crippen LogP contribution in [0.25, 0.3) is 0 Å². The van der Waals surface area contributed by atoms with E-state index in [1.54, 1.807) is 0 Å². The average molecular weight is 225 g/mol. The standard InChI is InChI=1S/C13H23NS/c1-4-7-11(8-5-2)13(14-3)12-9-6-10-15-12/h6,9-11,13-14H,4-5,7-8H2,1-3H3. The maximum atomic E-state index is 3.48. The Balaban J connectivity index is 2.69. The molecule has 2 heteroatoms. The summed E-state index contributed by atoms with van der Waals surface area (Å²) in [4.78, 5) is 1.49. The van der Waals surface area contributed by atoms with Crippen LogP contribution >= 0.6 is 11.3 Å². The summed E-state index contributed by atoms with van der Waals surface area (Å²) in [6.07, 6.45) is 5.23. The molecule has 0 aliphatic carbocycles. The molecule has 0 aromatic carbocycles. The molecule has 0 saturated carbocycles. The van der Waals surface area contributed by atoms with E-state index in [2.05, 4.69) is 43.7 Å². The Morgan fingerprint density at radius 2 is 1.93 bits per heavy atom. The van der Waals surface area contributed by atoms with E-state index >= 15 is 0 Å². The van der Waals surface area contributed by atoms with Crippen molar-refractivity contribution in [3.63, 3.8) is 0 Å². The number of thiophene rings is 1. The highest BCUT2D eigenvalue weighted by Crippen LogP contribution is 2.31. The summed E-state index contributed by atoms with van der Waals surface area (Å²) in [5, 5.41) is 5.66. The molecule has 86 valence electrons. The summed E-state index contributed by atoms with van der Waals surface area (Å²) in [7, 11) is 2.09. The SMILES string of the molecule is CCCC(CCC)C(NC)c1cccs1. The first-order valence-corrected chi connectivity index (χ1v) is 6.92. The van der Waals surface area contributed by atoms with Gasteiger partial charge in [0.15, 0.2) is 0 Å². The van der Waals surface area contributed by atoms with Gasteiger partial charge in [0, 0.05) is 10.9 Å². The van der Waals surface area contributed by atoms with E-state index in [0.717, 1.165) is 5.92 Å². The van der Waals surface area contributed by atoms with Crippen LogP contribution in [-0.4, -0.2) is 7.05 Å². The minimum atomic E-state index is 0.560. The first-order chi connectivity index (χ1) is 7.33. The van der Waals surface area contributed by atoms with Crippen LogP contribution in [0.1, 0.15) is 50.4 Å². The van der Waals surface area contributed by atoms with Gasteiger partial charge < -0.3 is 5.32 Å². The molecule has 1 aromatic heterocycles. The van der Waals surface area contributed by atoms with Crippen molar-refractivity contribution in [3.8, 4) is 0 Å². The largest absolute Gasteiger partial charge is 0.312 e. The summed E-state index contributed by atoms with van der Waals surface area (Å²) in [5.41, 5.74) is 0. The van der Waals surface area contributed by atoms with Crippen molar-refractivity contribution >= 4 is 11.3 Å². The van der Waals surface area contributed by atoms with E-state index in [1.807, 2.05) is 11.3 Å². The average Bonchev–Trinajstić information content (AvgIpc) is 2.73. The molecule has 1 aromatic rings. The van der Waals surface area contributed by atoms with Gasteiger partial charge in [-0.2, -0.15) is 0 Å². The van der Waals surface area contributed by atoms with Gasteiger partial charge in [0.05, 0.1) is 0 Å². The van der Waals surface area contributed by atoms with Gasteiger partial charge in [-0.05, 0) is 37.3 Å². The van der Waals surface area contributed by atoms with E-state index in [0.29, 0.717) is 6.04 Å². The van der Waals surface area contributed by atoms with Gasteiger partial charge in [-0.15, -0.1) is 11.3 Å². The van der Waals surface area contributed by atoms with Gasteiger partial charge in [-0.1, -0.05) is 32.8 Å². The normalized spacial score (nSPS) is 13.3. The monoisotopic (exact) mass is 225 g/mol.